The van der Waals surface area contributed by atoms with E-state index in [1.54, 1.807) is 24.3 Å². The Morgan fingerprint density at radius 2 is 1.67 bits per heavy atom. The largest absolute Gasteiger partial charge is 0.338 e. The molecule has 0 saturated carbocycles. The summed E-state index contributed by atoms with van der Waals surface area (Å²) in [5, 5.41) is 21.1. The summed E-state index contributed by atoms with van der Waals surface area (Å²) in [5.74, 6) is 0. The second-order valence-corrected chi connectivity index (χ2v) is 5.25. The van der Waals surface area contributed by atoms with E-state index in [0.717, 1.165) is 4.47 Å². The van der Waals surface area contributed by atoms with Crippen LogP contribution in [-0.4, -0.2) is 9.85 Å². The predicted molar refractivity (Wildman–Crippen MR) is 70.8 cm³/mol. The van der Waals surface area contributed by atoms with Crippen LogP contribution >= 0.6 is 27.3 Å². The molecule has 0 fully saturated rings. The first-order chi connectivity index (χ1) is 8.49. The van der Waals surface area contributed by atoms with Crippen LogP contribution in [0.15, 0.2) is 34.8 Å². The van der Waals surface area contributed by atoms with Gasteiger partial charge in [-0.1, -0.05) is 28.1 Å². The highest BCUT2D eigenvalue weighted by molar-refractivity contribution is 9.10. The average Bonchev–Trinajstić information content (AvgIpc) is 2.75. The van der Waals surface area contributed by atoms with E-state index in [9.17, 15) is 20.2 Å². The van der Waals surface area contributed by atoms with Gasteiger partial charge in [-0.2, -0.15) is 0 Å². The summed E-state index contributed by atoms with van der Waals surface area (Å²) < 4.78 is 0.832. The van der Waals surface area contributed by atoms with Crippen molar-refractivity contribution in [2.75, 3.05) is 0 Å². The zero-order valence-electron chi connectivity index (χ0n) is 8.70. The van der Waals surface area contributed by atoms with Gasteiger partial charge in [0.2, 0.25) is 0 Å². The Hall–Kier alpha value is -1.80. The molecule has 18 heavy (non-hydrogen) atoms. The minimum atomic E-state index is -0.625. The summed E-state index contributed by atoms with van der Waals surface area (Å²) in [6, 6.07) is 8.02. The first-order valence-corrected chi connectivity index (χ1v) is 6.28. The number of benzene rings is 1. The van der Waals surface area contributed by atoms with Gasteiger partial charge in [-0.15, -0.1) is 0 Å². The molecule has 1 aromatic heterocycles. The van der Waals surface area contributed by atoms with Gasteiger partial charge in [0.25, 0.3) is 0 Å². The fourth-order valence-corrected chi connectivity index (χ4v) is 2.51. The van der Waals surface area contributed by atoms with Crippen LogP contribution in [0.5, 0.6) is 0 Å². The number of hydrogen-bond donors (Lipinski definition) is 0. The SMILES string of the molecule is O=[N+]([O-])c1cc(-c2ccc(Br)cc2)c([N+](=O)[O-])s1. The second kappa shape index (κ2) is 4.83. The lowest BCUT2D eigenvalue weighted by Crippen LogP contribution is -1.86. The van der Waals surface area contributed by atoms with Crippen molar-refractivity contribution >= 4 is 37.3 Å². The maximum atomic E-state index is 10.9. The molecule has 0 unspecified atom stereocenters. The smallest absolute Gasteiger partial charge is 0.258 e. The van der Waals surface area contributed by atoms with Crippen LogP contribution in [0.1, 0.15) is 0 Å². The number of nitrogens with zero attached hydrogens (tertiary/aromatic N) is 2. The lowest BCUT2D eigenvalue weighted by molar-refractivity contribution is -0.382. The zero-order valence-corrected chi connectivity index (χ0v) is 11.1. The molecule has 1 aromatic carbocycles. The first kappa shape index (κ1) is 12.7. The van der Waals surface area contributed by atoms with Crippen molar-refractivity contribution in [3.05, 3.63) is 55.0 Å². The van der Waals surface area contributed by atoms with Gasteiger partial charge in [-0.25, -0.2) is 0 Å². The topological polar surface area (TPSA) is 86.3 Å². The van der Waals surface area contributed by atoms with Crippen LogP contribution in [0.25, 0.3) is 11.1 Å². The molecule has 92 valence electrons. The molecule has 0 spiro atoms. The van der Waals surface area contributed by atoms with E-state index in [4.69, 9.17) is 0 Å². The summed E-state index contributed by atoms with van der Waals surface area (Å²) in [6.45, 7) is 0. The Morgan fingerprint density at radius 3 is 2.17 bits per heavy atom. The molecule has 0 amide bonds. The highest BCUT2D eigenvalue weighted by Gasteiger charge is 2.25. The van der Waals surface area contributed by atoms with Crippen LogP contribution in [0.4, 0.5) is 10.0 Å². The van der Waals surface area contributed by atoms with Crippen molar-refractivity contribution in [1.82, 2.24) is 0 Å². The molecular formula is C10H5BrN2O4S. The van der Waals surface area contributed by atoms with Crippen molar-refractivity contribution in [2.24, 2.45) is 0 Å². The summed E-state index contributed by atoms with van der Waals surface area (Å²) >= 11 is 3.82. The lowest BCUT2D eigenvalue weighted by Gasteiger charge is -1.97. The molecule has 1 heterocycles. The number of thiophene rings is 1. The molecule has 0 aliphatic carbocycles. The van der Waals surface area contributed by atoms with E-state index >= 15 is 0 Å². The van der Waals surface area contributed by atoms with Gasteiger partial charge in [0, 0.05) is 21.9 Å². The molecule has 2 aromatic rings. The minimum Gasteiger partial charge on any atom is -0.258 e. The van der Waals surface area contributed by atoms with Gasteiger partial charge in [0.1, 0.15) is 0 Å². The zero-order chi connectivity index (χ0) is 13.3. The molecule has 0 aliphatic heterocycles. The quantitative estimate of drug-likeness (QED) is 0.629. The monoisotopic (exact) mass is 328 g/mol. The second-order valence-electron chi connectivity index (χ2n) is 3.32. The van der Waals surface area contributed by atoms with Crippen LogP contribution in [0.3, 0.4) is 0 Å². The van der Waals surface area contributed by atoms with Gasteiger partial charge in [0.05, 0.1) is 15.4 Å². The van der Waals surface area contributed by atoms with Gasteiger partial charge >= 0.3 is 10.0 Å². The Morgan fingerprint density at radius 1 is 1.06 bits per heavy atom. The van der Waals surface area contributed by atoms with Gasteiger partial charge in [0.15, 0.2) is 0 Å². The van der Waals surface area contributed by atoms with Crippen molar-refractivity contribution < 1.29 is 9.85 Å². The predicted octanol–water partition coefficient (Wildman–Crippen LogP) is 3.99. The van der Waals surface area contributed by atoms with Crippen LogP contribution in [-0.2, 0) is 0 Å². The van der Waals surface area contributed by atoms with Crippen LogP contribution in [0.2, 0.25) is 0 Å². The molecular weight excluding hydrogens is 324 g/mol. The molecule has 6 nitrogen and oxygen atoms in total. The highest BCUT2D eigenvalue weighted by atomic mass is 79.9. The third-order valence-electron chi connectivity index (χ3n) is 2.20. The molecule has 8 heteroatoms. The average molecular weight is 329 g/mol. The van der Waals surface area contributed by atoms with E-state index < -0.39 is 9.85 Å². The minimum absolute atomic E-state index is 0.218. The molecule has 2 rings (SSSR count). The third-order valence-corrected chi connectivity index (χ3v) is 3.77. The van der Waals surface area contributed by atoms with Gasteiger partial charge in [-0.05, 0) is 17.7 Å². The summed E-state index contributed by atoms with van der Waals surface area (Å²) in [7, 11) is 0. The van der Waals surface area contributed by atoms with E-state index in [0.29, 0.717) is 16.9 Å². The van der Waals surface area contributed by atoms with E-state index in [1.807, 2.05) is 0 Å². The van der Waals surface area contributed by atoms with Crippen molar-refractivity contribution in [2.45, 2.75) is 0 Å². The third kappa shape index (κ3) is 2.39. The summed E-state index contributed by atoms with van der Waals surface area (Å²) in [4.78, 5) is 20.3. The van der Waals surface area contributed by atoms with E-state index in [1.165, 1.54) is 6.07 Å². The highest BCUT2D eigenvalue weighted by Crippen LogP contribution is 2.41. The number of halogens is 1. The molecule has 0 aliphatic rings. The standard InChI is InChI=1S/C10H5BrN2O4S/c11-7-3-1-6(2-4-7)8-5-9(12(14)15)18-10(8)13(16)17/h1-5H. The molecule has 0 saturated heterocycles. The van der Waals surface area contributed by atoms with Crippen molar-refractivity contribution in [3.63, 3.8) is 0 Å². The first-order valence-electron chi connectivity index (χ1n) is 4.67. The molecule has 0 N–H and O–H groups in total. The number of rotatable bonds is 3. The fraction of sp³-hybridized carbons (Fsp3) is 0. The molecule has 0 bridgehead atoms. The molecule has 0 atom stereocenters. The lowest BCUT2D eigenvalue weighted by atomic mass is 10.1. The van der Waals surface area contributed by atoms with Crippen LogP contribution in [0, 0.1) is 20.2 Å². The Labute approximate surface area is 113 Å². The van der Waals surface area contributed by atoms with Crippen molar-refractivity contribution in [3.8, 4) is 11.1 Å². The van der Waals surface area contributed by atoms with Crippen molar-refractivity contribution in [1.29, 1.82) is 0 Å². The van der Waals surface area contributed by atoms with E-state index in [2.05, 4.69) is 15.9 Å². The fourth-order valence-electron chi connectivity index (χ4n) is 1.43. The van der Waals surface area contributed by atoms with Gasteiger partial charge < -0.3 is 0 Å². The maximum absolute atomic E-state index is 10.9. The summed E-state index contributed by atoms with van der Waals surface area (Å²) in [5.41, 5.74) is 0.846. The van der Waals surface area contributed by atoms with Gasteiger partial charge in [-0.3, -0.25) is 20.2 Å². The number of hydrogen-bond acceptors (Lipinski definition) is 5. The summed E-state index contributed by atoms with van der Waals surface area (Å²) in [6.07, 6.45) is 0. The van der Waals surface area contributed by atoms with E-state index in [-0.39, 0.29) is 15.6 Å². The van der Waals surface area contributed by atoms with Crippen LogP contribution < -0.4 is 0 Å². The Kier molecular flexibility index (Phi) is 3.39. The Bertz CT molecular complexity index is 623. The molecule has 0 radical (unpaired) electrons. The number of nitro groups is 2. The maximum Gasteiger partial charge on any atom is 0.338 e. The Balaban J connectivity index is 2.58. The normalized spacial score (nSPS) is 10.3.